The predicted molar refractivity (Wildman–Crippen MR) is 68.6 cm³/mol. The number of nitrogen functional groups attached to an aromatic ring is 1. The second-order valence-electron chi connectivity index (χ2n) is 4.76. The van der Waals surface area contributed by atoms with E-state index in [-0.39, 0.29) is 0 Å². The van der Waals surface area contributed by atoms with Crippen LogP contribution in [-0.4, -0.2) is 18.1 Å². The summed E-state index contributed by atoms with van der Waals surface area (Å²) in [4.78, 5) is 6.81. The summed E-state index contributed by atoms with van der Waals surface area (Å²) in [7, 11) is 0. The maximum atomic E-state index is 5.87. The Morgan fingerprint density at radius 3 is 2.75 bits per heavy atom. The average Bonchev–Trinajstić information content (AvgIpc) is 2.31. The molecule has 16 heavy (non-hydrogen) atoms. The summed E-state index contributed by atoms with van der Waals surface area (Å²) in [6, 6.07) is 2.14. The molecule has 1 fully saturated rings. The molecule has 3 heteroatoms. The second-order valence-corrected chi connectivity index (χ2v) is 4.76. The number of piperidine rings is 1. The maximum absolute atomic E-state index is 5.87. The number of nitrogens with zero attached hydrogens (tertiary/aromatic N) is 2. The van der Waals surface area contributed by atoms with Gasteiger partial charge in [-0.1, -0.05) is 13.8 Å². The second kappa shape index (κ2) is 4.73. The summed E-state index contributed by atoms with van der Waals surface area (Å²) < 4.78 is 0. The predicted octanol–water partition coefficient (Wildman–Crippen LogP) is 2.46. The van der Waals surface area contributed by atoms with Crippen molar-refractivity contribution in [3.8, 4) is 0 Å². The SMILES string of the molecule is CCc1cc(N2CCC(C)CC2)ncc1N. The van der Waals surface area contributed by atoms with Crippen molar-refractivity contribution < 1.29 is 0 Å². The van der Waals surface area contributed by atoms with Crippen molar-refractivity contribution in [1.29, 1.82) is 0 Å². The number of hydrogen-bond donors (Lipinski definition) is 1. The zero-order chi connectivity index (χ0) is 11.5. The lowest BCUT2D eigenvalue weighted by atomic mass is 9.99. The number of pyridine rings is 1. The number of nitrogens with two attached hydrogens (primary N) is 1. The maximum Gasteiger partial charge on any atom is 0.128 e. The van der Waals surface area contributed by atoms with E-state index >= 15 is 0 Å². The molecule has 3 nitrogen and oxygen atoms in total. The van der Waals surface area contributed by atoms with Crippen molar-refractivity contribution in [2.24, 2.45) is 5.92 Å². The molecular formula is C13H21N3. The van der Waals surface area contributed by atoms with Gasteiger partial charge in [0.25, 0.3) is 0 Å². The zero-order valence-electron chi connectivity index (χ0n) is 10.2. The van der Waals surface area contributed by atoms with Crippen LogP contribution in [0.3, 0.4) is 0 Å². The summed E-state index contributed by atoms with van der Waals surface area (Å²) in [5, 5.41) is 0. The highest BCUT2D eigenvalue weighted by molar-refractivity contribution is 5.53. The van der Waals surface area contributed by atoms with Crippen LogP contribution < -0.4 is 10.6 Å². The molecule has 0 radical (unpaired) electrons. The molecule has 1 aliphatic heterocycles. The van der Waals surface area contributed by atoms with Crippen LogP contribution in [0.5, 0.6) is 0 Å². The molecule has 1 aromatic rings. The molecule has 0 unspecified atom stereocenters. The minimum Gasteiger partial charge on any atom is -0.397 e. The lowest BCUT2D eigenvalue weighted by Crippen LogP contribution is -2.33. The number of hydrogen-bond acceptors (Lipinski definition) is 3. The summed E-state index contributed by atoms with van der Waals surface area (Å²) in [5.74, 6) is 1.95. The normalized spacial score (nSPS) is 17.8. The standard InChI is InChI=1S/C13H21N3/c1-3-11-8-13(15-9-12(11)14)16-6-4-10(2)5-7-16/h8-10H,3-7,14H2,1-2H3. The Morgan fingerprint density at radius 2 is 2.12 bits per heavy atom. The van der Waals surface area contributed by atoms with Gasteiger partial charge in [-0.15, -0.1) is 0 Å². The van der Waals surface area contributed by atoms with Crippen molar-refractivity contribution in [2.45, 2.75) is 33.1 Å². The molecule has 0 bridgehead atoms. The van der Waals surface area contributed by atoms with Gasteiger partial charge in [-0.25, -0.2) is 4.98 Å². The van der Waals surface area contributed by atoms with E-state index in [1.54, 1.807) is 6.20 Å². The topological polar surface area (TPSA) is 42.2 Å². The monoisotopic (exact) mass is 219 g/mol. The molecule has 1 aliphatic rings. The van der Waals surface area contributed by atoms with E-state index in [9.17, 15) is 0 Å². The Bertz CT molecular complexity index is 354. The van der Waals surface area contributed by atoms with E-state index in [0.29, 0.717) is 0 Å². The summed E-state index contributed by atoms with van der Waals surface area (Å²) in [6.45, 7) is 6.71. The van der Waals surface area contributed by atoms with Gasteiger partial charge in [0.05, 0.1) is 11.9 Å². The van der Waals surface area contributed by atoms with Crippen molar-refractivity contribution in [3.05, 3.63) is 17.8 Å². The Hall–Kier alpha value is -1.25. The molecular weight excluding hydrogens is 198 g/mol. The van der Waals surface area contributed by atoms with Crippen LogP contribution in [0.1, 0.15) is 32.3 Å². The van der Waals surface area contributed by atoms with Crippen LogP contribution in [0.25, 0.3) is 0 Å². The van der Waals surface area contributed by atoms with Gasteiger partial charge in [0.2, 0.25) is 0 Å². The Labute approximate surface area is 97.7 Å². The van der Waals surface area contributed by atoms with Crippen LogP contribution in [0.15, 0.2) is 12.3 Å². The van der Waals surface area contributed by atoms with Crippen LogP contribution in [0.4, 0.5) is 11.5 Å². The van der Waals surface area contributed by atoms with Gasteiger partial charge in [-0.05, 0) is 36.8 Å². The average molecular weight is 219 g/mol. The van der Waals surface area contributed by atoms with Crippen LogP contribution in [-0.2, 0) is 6.42 Å². The van der Waals surface area contributed by atoms with Crippen molar-refractivity contribution >= 4 is 11.5 Å². The molecule has 1 saturated heterocycles. The first-order chi connectivity index (χ1) is 7.70. The quantitative estimate of drug-likeness (QED) is 0.830. The third-order valence-corrected chi connectivity index (χ3v) is 3.50. The first kappa shape index (κ1) is 11.2. The van der Waals surface area contributed by atoms with Crippen LogP contribution in [0.2, 0.25) is 0 Å². The zero-order valence-corrected chi connectivity index (χ0v) is 10.2. The van der Waals surface area contributed by atoms with Gasteiger partial charge in [0.15, 0.2) is 0 Å². The Morgan fingerprint density at radius 1 is 1.44 bits per heavy atom. The minimum absolute atomic E-state index is 0.816. The van der Waals surface area contributed by atoms with E-state index in [1.807, 2.05) is 0 Å². The minimum atomic E-state index is 0.816. The smallest absolute Gasteiger partial charge is 0.128 e. The van der Waals surface area contributed by atoms with Gasteiger partial charge < -0.3 is 10.6 Å². The van der Waals surface area contributed by atoms with E-state index in [0.717, 1.165) is 36.9 Å². The number of aromatic nitrogens is 1. The summed E-state index contributed by atoms with van der Waals surface area (Å²) in [5.41, 5.74) is 7.90. The highest BCUT2D eigenvalue weighted by Gasteiger charge is 2.17. The Balaban J connectivity index is 2.14. The van der Waals surface area contributed by atoms with Crippen molar-refractivity contribution in [3.63, 3.8) is 0 Å². The van der Waals surface area contributed by atoms with Crippen LogP contribution in [0, 0.1) is 5.92 Å². The molecule has 2 N–H and O–H groups in total. The van der Waals surface area contributed by atoms with Crippen molar-refractivity contribution in [2.75, 3.05) is 23.7 Å². The van der Waals surface area contributed by atoms with E-state index in [1.165, 1.54) is 18.4 Å². The highest BCUT2D eigenvalue weighted by atomic mass is 15.2. The fourth-order valence-electron chi connectivity index (χ4n) is 2.21. The summed E-state index contributed by atoms with van der Waals surface area (Å²) >= 11 is 0. The lowest BCUT2D eigenvalue weighted by molar-refractivity contribution is 0.436. The molecule has 0 saturated carbocycles. The van der Waals surface area contributed by atoms with E-state index < -0.39 is 0 Å². The molecule has 88 valence electrons. The van der Waals surface area contributed by atoms with Gasteiger partial charge >= 0.3 is 0 Å². The highest BCUT2D eigenvalue weighted by Crippen LogP contribution is 2.23. The molecule has 0 amide bonds. The third-order valence-electron chi connectivity index (χ3n) is 3.50. The summed E-state index contributed by atoms with van der Waals surface area (Å²) in [6.07, 6.45) is 5.32. The molecule has 0 aromatic carbocycles. The van der Waals surface area contributed by atoms with Gasteiger partial charge in [0.1, 0.15) is 5.82 Å². The van der Waals surface area contributed by atoms with E-state index in [4.69, 9.17) is 5.73 Å². The molecule has 2 rings (SSSR count). The molecule has 0 atom stereocenters. The van der Waals surface area contributed by atoms with Crippen LogP contribution >= 0.6 is 0 Å². The van der Waals surface area contributed by atoms with Gasteiger partial charge in [-0.2, -0.15) is 0 Å². The fraction of sp³-hybridized carbons (Fsp3) is 0.615. The van der Waals surface area contributed by atoms with Gasteiger partial charge in [-0.3, -0.25) is 0 Å². The molecule has 0 aliphatic carbocycles. The van der Waals surface area contributed by atoms with E-state index in [2.05, 4.69) is 29.8 Å². The largest absolute Gasteiger partial charge is 0.397 e. The number of rotatable bonds is 2. The molecule has 1 aromatic heterocycles. The third kappa shape index (κ3) is 2.29. The fourth-order valence-corrected chi connectivity index (χ4v) is 2.21. The first-order valence-corrected chi connectivity index (χ1v) is 6.20. The molecule has 0 spiro atoms. The molecule has 2 heterocycles. The number of anilines is 2. The Kier molecular flexibility index (Phi) is 3.32. The first-order valence-electron chi connectivity index (χ1n) is 6.20. The van der Waals surface area contributed by atoms with Gasteiger partial charge in [0, 0.05) is 13.1 Å². The number of aryl methyl sites for hydroxylation is 1. The lowest BCUT2D eigenvalue weighted by Gasteiger charge is -2.31. The van der Waals surface area contributed by atoms with Crippen molar-refractivity contribution in [1.82, 2.24) is 4.98 Å².